The van der Waals surface area contributed by atoms with Crippen LogP contribution in [0, 0.1) is 17.2 Å². The minimum absolute atomic E-state index is 0.366. The van der Waals surface area contributed by atoms with Crippen LogP contribution in [-0.4, -0.2) is 21.1 Å². The Hall–Kier alpha value is -2.09. The van der Waals surface area contributed by atoms with Crippen LogP contribution in [0.25, 0.3) is 6.08 Å². The van der Waals surface area contributed by atoms with Crippen LogP contribution in [0.5, 0.6) is 0 Å². The van der Waals surface area contributed by atoms with E-state index in [9.17, 15) is 10.1 Å². The van der Waals surface area contributed by atoms with E-state index in [1.54, 1.807) is 23.2 Å². The van der Waals surface area contributed by atoms with Gasteiger partial charge in [0.25, 0.3) is 0 Å². The zero-order chi connectivity index (χ0) is 15.3. The maximum atomic E-state index is 12.2. The van der Waals surface area contributed by atoms with Crippen molar-refractivity contribution in [1.82, 2.24) is 9.55 Å². The molecule has 0 amide bonds. The topological polar surface area (TPSA) is 67.9 Å². The number of carbonyl (C=O) groups is 1. The Bertz CT molecular complexity index is 544. The second-order valence-corrected chi connectivity index (χ2v) is 5.64. The lowest BCUT2D eigenvalue weighted by Gasteiger charge is -2.23. The van der Waals surface area contributed by atoms with E-state index in [-0.39, 0.29) is 5.97 Å². The van der Waals surface area contributed by atoms with Gasteiger partial charge in [-0.3, -0.25) is 4.79 Å². The number of hydrogen-bond donors (Lipinski definition) is 0. The lowest BCUT2D eigenvalue weighted by Crippen LogP contribution is -2.29. The number of rotatable bonds is 4. The summed E-state index contributed by atoms with van der Waals surface area (Å²) in [6.07, 6.45) is 5.51. The highest BCUT2D eigenvalue weighted by Crippen LogP contribution is 2.22. The van der Waals surface area contributed by atoms with E-state index in [4.69, 9.17) is 4.74 Å². The average molecular weight is 275 g/mol. The number of carbonyl (C=O) groups excluding carboxylic acids is 1. The Morgan fingerprint density at radius 3 is 2.65 bits per heavy atom. The molecule has 0 saturated heterocycles. The molecule has 0 aliphatic rings. The van der Waals surface area contributed by atoms with Gasteiger partial charge in [0.1, 0.15) is 5.60 Å². The number of nitriles is 1. The smallest absolute Gasteiger partial charge is 0.314 e. The van der Waals surface area contributed by atoms with E-state index < -0.39 is 11.5 Å². The Morgan fingerprint density at radius 2 is 2.25 bits per heavy atom. The Balaban J connectivity index is 3.03. The third kappa shape index (κ3) is 4.23. The van der Waals surface area contributed by atoms with E-state index in [2.05, 4.69) is 11.1 Å². The third-order valence-electron chi connectivity index (χ3n) is 2.76. The number of esters is 1. The molecule has 1 aromatic heterocycles. The van der Waals surface area contributed by atoms with Gasteiger partial charge in [0.15, 0.2) is 0 Å². The fourth-order valence-corrected chi connectivity index (χ4v) is 1.76. The fourth-order valence-electron chi connectivity index (χ4n) is 1.76. The first-order chi connectivity index (χ1) is 9.28. The van der Waals surface area contributed by atoms with E-state index in [0.717, 1.165) is 5.69 Å². The first-order valence-electron chi connectivity index (χ1n) is 6.59. The minimum Gasteiger partial charge on any atom is -0.459 e. The van der Waals surface area contributed by atoms with Gasteiger partial charge in [0.2, 0.25) is 0 Å². The summed E-state index contributed by atoms with van der Waals surface area (Å²) in [5.41, 5.74) is 0.617. The summed E-state index contributed by atoms with van der Waals surface area (Å²) in [6, 6.07) is 2.10. The quantitative estimate of drug-likeness (QED) is 0.626. The number of ether oxygens (including phenoxy) is 1. The van der Waals surface area contributed by atoms with E-state index >= 15 is 0 Å². The first-order valence-corrected chi connectivity index (χ1v) is 6.59. The molecule has 0 aliphatic heterocycles. The molecule has 1 unspecified atom stereocenters. The van der Waals surface area contributed by atoms with Crippen LogP contribution in [-0.2, 0) is 16.6 Å². The molecule has 108 valence electrons. The highest BCUT2D eigenvalue weighted by atomic mass is 16.6. The van der Waals surface area contributed by atoms with Gasteiger partial charge in [-0.15, -0.1) is 0 Å². The van der Waals surface area contributed by atoms with Crippen molar-refractivity contribution in [2.75, 3.05) is 0 Å². The van der Waals surface area contributed by atoms with Crippen molar-refractivity contribution in [3.63, 3.8) is 0 Å². The van der Waals surface area contributed by atoms with E-state index in [1.165, 1.54) is 0 Å². The third-order valence-corrected chi connectivity index (χ3v) is 2.76. The van der Waals surface area contributed by atoms with Crippen molar-refractivity contribution in [2.24, 2.45) is 13.0 Å². The summed E-state index contributed by atoms with van der Waals surface area (Å²) >= 11 is 0. The summed E-state index contributed by atoms with van der Waals surface area (Å²) < 4.78 is 7.16. The van der Waals surface area contributed by atoms with Crippen molar-refractivity contribution in [3.8, 4) is 6.07 Å². The van der Waals surface area contributed by atoms with Crippen molar-refractivity contribution < 1.29 is 9.53 Å². The largest absolute Gasteiger partial charge is 0.459 e. The average Bonchev–Trinajstić information content (AvgIpc) is 2.72. The molecule has 0 bridgehead atoms. The maximum absolute atomic E-state index is 12.2. The molecule has 0 saturated carbocycles. The molecule has 1 heterocycles. The molecule has 1 atom stereocenters. The van der Waals surface area contributed by atoms with Crippen LogP contribution in [0.15, 0.2) is 18.1 Å². The molecule has 0 radical (unpaired) electrons. The normalized spacial score (nSPS) is 13.7. The molecule has 0 aliphatic carbocycles. The zero-order valence-electron chi connectivity index (χ0n) is 12.7. The second-order valence-electron chi connectivity index (χ2n) is 5.64. The summed E-state index contributed by atoms with van der Waals surface area (Å²) in [5, 5.41) is 9.31. The van der Waals surface area contributed by atoms with Gasteiger partial charge in [0, 0.05) is 12.6 Å². The van der Waals surface area contributed by atoms with Crippen molar-refractivity contribution in [2.45, 2.75) is 39.7 Å². The molecule has 0 fully saturated rings. The van der Waals surface area contributed by atoms with Crippen molar-refractivity contribution >= 4 is 12.0 Å². The Labute approximate surface area is 119 Å². The molecular weight excluding hydrogens is 254 g/mol. The number of nitrogens with zero attached hydrogens (tertiary/aromatic N) is 3. The molecule has 20 heavy (non-hydrogen) atoms. The van der Waals surface area contributed by atoms with Crippen molar-refractivity contribution in [1.29, 1.82) is 5.26 Å². The SMILES string of the molecule is CCC(C(=O)OC(C)(C)C)C(C#N)=Cc1cncn1C. The predicted molar refractivity (Wildman–Crippen MR) is 76.4 cm³/mol. The number of aromatic nitrogens is 2. The van der Waals surface area contributed by atoms with Crippen LogP contribution < -0.4 is 0 Å². The first kappa shape index (κ1) is 16.0. The highest BCUT2D eigenvalue weighted by molar-refractivity contribution is 5.79. The summed E-state index contributed by atoms with van der Waals surface area (Å²) in [6.45, 7) is 7.31. The lowest BCUT2D eigenvalue weighted by atomic mass is 9.96. The maximum Gasteiger partial charge on any atom is 0.314 e. The highest BCUT2D eigenvalue weighted by Gasteiger charge is 2.27. The standard InChI is InChI=1S/C15H21N3O2/c1-6-13(14(19)20-15(2,3)4)11(8-16)7-12-9-17-10-18(12)5/h7,9-10,13H,6H2,1-5H3. The predicted octanol–water partition coefficient (Wildman–Crippen LogP) is 2.69. The summed E-state index contributed by atoms with van der Waals surface area (Å²) in [7, 11) is 1.84. The number of imidazole rings is 1. The molecule has 0 spiro atoms. The molecule has 1 aromatic rings. The number of hydrogen-bond acceptors (Lipinski definition) is 4. The molecular formula is C15H21N3O2. The van der Waals surface area contributed by atoms with Crippen molar-refractivity contribution in [3.05, 3.63) is 23.8 Å². The van der Waals surface area contributed by atoms with Gasteiger partial charge >= 0.3 is 5.97 Å². The molecule has 0 N–H and O–H groups in total. The van der Waals surface area contributed by atoms with Crippen LogP contribution >= 0.6 is 0 Å². The van der Waals surface area contributed by atoms with Gasteiger partial charge in [-0.2, -0.15) is 5.26 Å². The molecule has 1 rings (SSSR count). The van der Waals surface area contributed by atoms with E-state index in [1.807, 2.05) is 34.7 Å². The van der Waals surface area contributed by atoms with Gasteiger partial charge in [-0.25, -0.2) is 4.98 Å². The summed E-state index contributed by atoms with van der Waals surface area (Å²) in [4.78, 5) is 16.2. The van der Waals surface area contributed by atoms with Gasteiger partial charge < -0.3 is 9.30 Å². The monoisotopic (exact) mass is 275 g/mol. The van der Waals surface area contributed by atoms with Gasteiger partial charge in [0.05, 0.1) is 30.2 Å². The van der Waals surface area contributed by atoms with Crippen LogP contribution in [0.3, 0.4) is 0 Å². The van der Waals surface area contributed by atoms with Crippen LogP contribution in [0.1, 0.15) is 39.8 Å². The second kappa shape index (κ2) is 6.38. The summed E-state index contributed by atoms with van der Waals surface area (Å²) in [5.74, 6) is -0.913. The van der Waals surface area contributed by atoms with Crippen LogP contribution in [0.4, 0.5) is 0 Å². The van der Waals surface area contributed by atoms with E-state index in [0.29, 0.717) is 12.0 Å². The number of aryl methyl sites for hydroxylation is 1. The van der Waals surface area contributed by atoms with Gasteiger partial charge in [-0.1, -0.05) is 6.92 Å². The minimum atomic E-state index is -0.558. The molecule has 5 heteroatoms. The lowest BCUT2D eigenvalue weighted by molar-refractivity contribution is -0.158. The fraction of sp³-hybridized carbons (Fsp3) is 0.533. The van der Waals surface area contributed by atoms with Crippen LogP contribution in [0.2, 0.25) is 0 Å². The van der Waals surface area contributed by atoms with Gasteiger partial charge in [-0.05, 0) is 33.3 Å². The Morgan fingerprint density at radius 1 is 1.60 bits per heavy atom. The molecule has 5 nitrogen and oxygen atoms in total. The molecule has 0 aromatic carbocycles. The Kier molecular flexibility index (Phi) is 5.09. The zero-order valence-corrected chi connectivity index (χ0v) is 12.7.